The van der Waals surface area contributed by atoms with E-state index in [-0.39, 0.29) is 10.6 Å². The number of amides is 3. The van der Waals surface area contributed by atoms with Crippen LogP contribution in [-0.4, -0.2) is 25.0 Å². The number of thiophene rings is 1. The molecular weight excluding hydrogens is 378 g/mol. The Morgan fingerprint density at radius 3 is 2.37 bits per heavy atom. The maximum atomic E-state index is 13.9. The van der Waals surface area contributed by atoms with Crippen LogP contribution in [0.15, 0.2) is 18.2 Å². The first kappa shape index (κ1) is 19.0. The van der Waals surface area contributed by atoms with Crippen molar-refractivity contribution >= 4 is 34.2 Å². The topological polar surface area (TPSA) is 84.5 Å². The summed E-state index contributed by atoms with van der Waals surface area (Å²) in [5.74, 6) is -3.74. The first-order valence-corrected chi connectivity index (χ1v) is 9.03. The molecule has 3 rings (SSSR count). The minimum atomic E-state index is -1.01. The van der Waals surface area contributed by atoms with Crippen molar-refractivity contribution in [2.24, 2.45) is 0 Å². The number of nitrogens with one attached hydrogen (secondary N) is 2. The number of carbonyl (C=O) groups excluding carboxylic acids is 3. The number of halogens is 2. The molecule has 0 saturated carbocycles. The highest BCUT2D eigenvalue weighted by molar-refractivity contribution is 7.17. The third-order valence-corrected chi connectivity index (χ3v) is 5.42. The number of methoxy groups -OCH3 is 1. The van der Waals surface area contributed by atoms with Gasteiger partial charge in [0.05, 0.1) is 12.7 Å². The average molecular weight is 394 g/mol. The fourth-order valence-electron chi connectivity index (χ4n) is 2.98. The van der Waals surface area contributed by atoms with Gasteiger partial charge in [0.2, 0.25) is 0 Å². The zero-order chi connectivity index (χ0) is 19.6. The number of benzene rings is 1. The van der Waals surface area contributed by atoms with Gasteiger partial charge in [0.1, 0.15) is 22.2 Å². The molecule has 1 aliphatic carbocycles. The number of anilines is 1. The van der Waals surface area contributed by atoms with E-state index in [0.717, 1.165) is 55.0 Å². The quantitative estimate of drug-likeness (QED) is 0.832. The molecule has 0 aliphatic heterocycles. The van der Waals surface area contributed by atoms with Gasteiger partial charge < -0.3 is 10.1 Å². The number of rotatable bonds is 3. The molecule has 0 radical (unpaired) electrons. The fraction of sp³-hybridized carbons (Fsp3) is 0.278. The van der Waals surface area contributed by atoms with E-state index in [4.69, 9.17) is 0 Å². The Morgan fingerprint density at radius 2 is 1.70 bits per heavy atom. The summed E-state index contributed by atoms with van der Waals surface area (Å²) >= 11 is 1.17. The van der Waals surface area contributed by atoms with Crippen molar-refractivity contribution < 1.29 is 27.9 Å². The van der Waals surface area contributed by atoms with E-state index in [2.05, 4.69) is 15.4 Å². The lowest BCUT2D eigenvalue weighted by Crippen LogP contribution is -2.31. The van der Waals surface area contributed by atoms with Gasteiger partial charge in [-0.05, 0) is 43.4 Å². The molecule has 0 saturated heterocycles. The molecule has 2 N–H and O–H groups in total. The molecule has 1 aliphatic rings. The van der Waals surface area contributed by atoms with E-state index in [1.54, 1.807) is 0 Å². The Morgan fingerprint density at radius 1 is 1.04 bits per heavy atom. The SMILES string of the molecule is COC(=O)NC(=O)c1c(NC(=O)c2c(F)cccc2F)sc2c1CCCC2. The van der Waals surface area contributed by atoms with Crippen molar-refractivity contribution in [3.63, 3.8) is 0 Å². The minimum Gasteiger partial charge on any atom is -0.453 e. The Kier molecular flexibility index (Phi) is 5.50. The molecule has 1 aromatic carbocycles. The van der Waals surface area contributed by atoms with Gasteiger partial charge in [-0.15, -0.1) is 11.3 Å². The van der Waals surface area contributed by atoms with Crippen LogP contribution in [0.5, 0.6) is 0 Å². The number of alkyl carbamates (subject to hydrolysis) is 1. The van der Waals surface area contributed by atoms with Crippen LogP contribution in [-0.2, 0) is 17.6 Å². The van der Waals surface area contributed by atoms with E-state index in [9.17, 15) is 23.2 Å². The lowest BCUT2D eigenvalue weighted by Gasteiger charge is -2.12. The number of aryl methyl sites for hydroxylation is 1. The molecule has 0 bridgehead atoms. The largest absolute Gasteiger partial charge is 0.453 e. The number of carbonyl (C=O) groups is 3. The molecule has 27 heavy (non-hydrogen) atoms. The van der Waals surface area contributed by atoms with E-state index in [1.165, 1.54) is 11.3 Å². The normalized spacial score (nSPS) is 12.9. The van der Waals surface area contributed by atoms with Crippen molar-refractivity contribution in [2.45, 2.75) is 25.7 Å². The summed E-state index contributed by atoms with van der Waals surface area (Å²) in [6.07, 6.45) is 2.19. The highest BCUT2D eigenvalue weighted by atomic mass is 32.1. The molecule has 0 unspecified atom stereocenters. The molecule has 2 aromatic rings. The third kappa shape index (κ3) is 3.82. The standard InChI is InChI=1S/C18H16F2N2O4S/c1-26-18(25)22-15(23)13-9-5-2-3-8-12(9)27-17(13)21-16(24)14-10(19)6-4-7-11(14)20/h4,6-7H,2-3,5,8H2,1H3,(H,21,24)(H,22,23,25). The summed E-state index contributed by atoms with van der Waals surface area (Å²) in [7, 11) is 1.12. The van der Waals surface area contributed by atoms with Gasteiger partial charge in [0.15, 0.2) is 0 Å². The average Bonchev–Trinajstić information content (AvgIpc) is 2.99. The van der Waals surface area contributed by atoms with Crippen molar-refractivity contribution in [3.05, 3.63) is 51.4 Å². The summed E-state index contributed by atoms with van der Waals surface area (Å²) < 4.78 is 32.2. The molecule has 9 heteroatoms. The van der Waals surface area contributed by atoms with Crippen LogP contribution in [0.25, 0.3) is 0 Å². The third-order valence-electron chi connectivity index (χ3n) is 4.22. The van der Waals surface area contributed by atoms with Crippen LogP contribution >= 0.6 is 11.3 Å². The van der Waals surface area contributed by atoms with Gasteiger partial charge in [-0.25, -0.2) is 13.6 Å². The Balaban J connectivity index is 1.97. The Hall–Kier alpha value is -2.81. The molecule has 0 atom stereocenters. The van der Waals surface area contributed by atoms with Crippen LogP contribution in [0.1, 0.15) is 44.0 Å². The van der Waals surface area contributed by atoms with Crippen molar-refractivity contribution in [3.8, 4) is 0 Å². The maximum absolute atomic E-state index is 13.9. The zero-order valence-corrected chi connectivity index (χ0v) is 15.2. The molecular formula is C18H16F2N2O4S. The summed E-state index contributed by atoms with van der Waals surface area (Å²) in [6.45, 7) is 0. The van der Waals surface area contributed by atoms with Gasteiger partial charge in [-0.2, -0.15) is 0 Å². The minimum absolute atomic E-state index is 0.130. The second kappa shape index (κ2) is 7.83. The summed E-state index contributed by atoms with van der Waals surface area (Å²) in [4.78, 5) is 37.2. The molecule has 1 heterocycles. The summed E-state index contributed by atoms with van der Waals surface area (Å²) in [5.41, 5.74) is 0.130. The second-order valence-electron chi connectivity index (χ2n) is 5.91. The van der Waals surface area contributed by atoms with Crippen molar-refractivity contribution in [1.29, 1.82) is 0 Å². The van der Waals surface area contributed by atoms with Gasteiger partial charge >= 0.3 is 6.09 Å². The lowest BCUT2D eigenvalue weighted by atomic mass is 9.95. The number of hydrogen-bond acceptors (Lipinski definition) is 5. The van der Waals surface area contributed by atoms with Crippen LogP contribution in [0.3, 0.4) is 0 Å². The van der Waals surface area contributed by atoms with Crippen molar-refractivity contribution in [2.75, 3.05) is 12.4 Å². The molecule has 142 valence electrons. The number of imide groups is 1. The highest BCUT2D eigenvalue weighted by Crippen LogP contribution is 2.38. The van der Waals surface area contributed by atoms with Gasteiger partial charge in [0.25, 0.3) is 11.8 Å². The molecule has 3 amide bonds. The van der Waals surface area contributed by atoms with E-state index in [1.807, 2.05) is 0 Å². The Bertz CT molecular complexity index is 906. The zero-order valence-electron chi connectivity index (χ0n) is 14.4. The first-order chi connectivity index (χ1) is 12.9. The monoisotopic (exact) mass is 394 g/mol. The predicted octanol–water partition coefficient (Wildman–Crippen LogP) is 3.65. The van der Waals surface area contributed by atoms with Crippen LogP contribution < -0.4 is 10.6 Å². The fourth-order valence-corrected chi connectivity index (χ4v) is 4.26. The second-order valence-corrected chi connectivity index (χ2v) is 7.02. The summed E-state index contributed by atoms with van der Waals surface area (Å²) in [6, 6.07) is 3.10. The lowest BCUT2D eigenvalue weighted by molar-refractivity contribution is 0.0937. The molecule has 6 nitrogen and oxygen atoms in total. The maximum Gasteiger partial charge on any atom is 0.413 e. The number of ether oxygens (including phenoxy) is 1. The first-order valence-electron chi connectivity index (χ1n) is 8.21. The van der Waals surface area contributed by atoms with Crippen LogP contribution in [0.4, 0.5) is 18.6 Å². The van der Waals surface area contributed by atoms with Gasteiger partial charge in [-0.3, -0.25) is 14.9 Å². The Labute approximate surface area is 157 Å². The molecule has 1 aromatic heterocycles. The van der Waals surface area contributed by atoms with Crippen LogP contribution in [0, 0.1) is 11.6 Å². The highest BCUT2D eigenvalue weighted by Gasteiger charge is 2.28. The smallest absolute Gasteiger partial charge is 0.413 e. The van der Waals surface area contributed by atoms with Crippen LogP contribution in [0.2, 0.25) is 0 Å². The predicted molar refractivity (Wildman–Crippen MR) is 95.1 cm³/mol. The van der Waals surface area contributed by atoms with E-state index >= 15 is 0 Å². The molecule has 0 fully saturated rings. The van der Waals surface area contributed by atoms with E-state index in [0.29, 0.717) is 6.42 Å². The number of fused-ring (bicyclic) bond motifs is 1. The van der Waals surface area contributed by atoms with Gasteiger partial charge in [-0.1, -0.05) is 6.07 Å². The summed E-state index contributed by atoms with van der Waals surface area (Å²) in [5, 5.41) is 4.64. The van der Waals surface area contributed by atoms with Crippen molar-refractivity contribution in [1.82, 2.24) is 5.32 Å². The van der Waals surface area contributed by atoms with E-state index < -0.39 is 35.1 Å². The van der Waals surface area contributed by atoms with Gasteiger partial charge in [0, 0.05) is 4.88 Å². The molecule has 0 spiro atoms. The number of hydrogen-bond donors (Lipinski definition) is 2.